The van der Waals surface area contributed by atoms with Crippen LogP contribution in [0.1, 0.15) is 75.7 Å². The fourth-order valence-electron chi connectivity index (χ4n) is 5.69. The molecule has 2 fully saturated rings. The van der Waals surface area contributed by atoms with Crippen molar-refractivity contribution in [1.82, 2.24) is 25.5 Å². The Balaban J connectivity index is 1.30. The molecule has 2 heterocycles. The van der Waals surface area contributed by atoms with Crippen molar-refractivity contribution >= 4 is 28.8 Å². The number of piperidine rings is 1. The summed E-state index contributed by atoms with van der Waals surface area (Å²) in [4.78, 5) is 49.3. The lowest BCUT2D eigenvalue weighted by Crippen LogP contribution is -2.52. The van der Waals surface area contributed by atoms with E-state index in [1.54, 1.807) is 19.1 Å². The van der Waals surface area contributed by atoms with Crippen molar-refractivity contribution in [2.24, 2.45) is 5.92 Å². The third-order valence-electron chi connectivity index (χ3n) is 8.04. The van der Waals surface area contributed by atoms with Crippen LogP contribution in [0.25, 0.3) is 11.0 Å². The van der Waals surface area contributed by atoms with E-state index in [4.69, 9.17) is 0 Å². The summed E-state index contributed by atoms with van der Waals surface area (Å²) in [5.74, 6) is -0.987. The van der Waals surface area contributed by atoms with Gasteiger partial charge in [0.1, 0.15) is 17.4 Å². The Labute approximate surface area is 227 Å². The molecule has 1 aromatic heterocycles. The Hall–Kier alpha value is -3.75. The first kappa shape index (κ1) is 26.8. The molecule has 5 atom stereocenters. The monoisotopic (exact) mass is 533 g/mol. The maximum absolute atomic E-state index is 14.2. The summed E-state index contributed by atoms with van der Waals surface area (Å²) in [7, 11) is 0. The van der Waals surface area contributed by atoms with Crippen LogP contribution in [0, 0.1) is 11.7 Å². The number of halogens is 1. The minimum absolute atomic E-state index is 0.113. The summed E-state index contributed by atoms with van der Waals surface area (Å²) in [6.07, 6.45) is 4.43. The molecule has 0 unspecified atom stereocenters. The van der Waals surface area contributed by atoms with Crippen LogP contribution in [0.4, 0.5) is 4.39 Å². The van der Waals surface area contributed by atoms with Crippen molar-refractivity contribution in [3.63, 3.8) is 0 Å². The highest BCUT2D eigenvalue weighted by molar-refractivity contribution is 5.93. The van der Waals surface area contributed by atoms with E-state index in [9.17, 15) is 18.8 Å². The van der Waals surface area contributed by atoms with Crippen LogP contribution < -0.4 is 10.6 Å². The number of carbonyl (C=O) groups is 3. The minimum atomic E-state index is -1.02. The van der Waals surface area contributed by atoms with Crippen molar-refractivity contribution in [3.05, 3.63) is 65.7 Å². The number of hydrogen-bond donors (Lipinski definition) is 3. The second-order valence-electron chi connectivity index (χ2n) is 10.8. The Bertz CT molecular complexity index is 1340. The Morgan fingerprint density at radius 1 is 1.10 bits per heavy atom. The zero-order valence-corrected chi connectivity index (χ0v) is 22.5. The van der Waals surface area contributed by atoms with Crippen molar-refractivity contribution in [3.8, 4) is 0 Å². The van der Waals surface area contributed by atoms with Crippen molar-refractivity contribution in [2.75, 3.05) is 6.54 Å². The van der Waals surface area contributed by atoms with Gasteiger partial charge in [0.25, 0.3) is 0 Å². The number of imidazole rings is 1. The van der Waals surface area contributed by atoms with E-state index in [2.05, 4.69) is 27.5 Å². The van der Waals surface area contributed by atoms with Crippen molar-refractivity contribution in [1.29, 1.82) is 0 Å². The van der Waals surface area contributed by atoms with Gasteiger partial charge in [-0.1, -0.05) is 43.3 Å². The van der Waals surface area contributed by atoms with Crippen LogP contribution in [0.3, 0.4) is 0 Å². The first-order valence-electron chi connectivity index (χ1n) is 13.9. The molecular weight excluding hydrogens is 497 g/mol. The topological polar surface area (TPSA) is 107 Å². The number of aromatic nitrogens is 2. The van der Waals surface area contributed by atoms with E-state index in [1.807, 2.05) is 35.2 Å². The number of nitrogens with zero attached hydrogens (tertiary/aromatic N) is 2. The van der Waals surface area contributed by atoms with Gasteiger partial charge in [0.05, 0.1) is 18.0 Å². The molecule has 0 bridgehead atoms. The standard InChI is InChI=1S/C30H36FN5O3/c1-3-20-12-7-8-15-36(20)26(37)17-25(34-29(38)22-16-21(22)19-10-5-4-6-11-19)30(39)32-18(2)28-33-24-14-9-13-23(31)27(24)35-28/h4-6,9-11,13-14,18,20-22,25H,3,7-8,12,15-17H2,1-2H3,(H,32,39)(H,33,35)(H,34,38)/t18-,20-,21+,22-,25-/m0/s1. The van der Waals surface area contributed by atoms with E-state index in [1.165, 1.54) is 6.07 Å². The van der Waals surface area contributed by atoms with Gasteiger partial charge < -0.3 is 20.5 Å². The minimum Gasteiger partial charge on any atom is -0.345 e. The van der Waals surface area contributed by atoms with Gasteiger partial charge in [-0.25, -0.2) is 9.37 Å². The third kappa shape index (κ3) is 5.97. The predicted octanol–water partition coefficient (Wildman–Crippen LogP) is 4.35. The molecule has 1 saturated carbocycles. The number of fused-ring (bicyclic) bond motifs is 1. The number of para-hydroxylation sites is 1. The normalized spacial score (nSPS) is 22.2. The largest absolute Gasteiger partial charge is 0.345 e. The van der Waals surface area contributed by atoms with Gasteiger partial charge in [0, 0.05) is 18.5 Å². The summed E-state index contributed by atoms with van der Waals surface area (Å²) in [6, 6.07) is 13.0. The van der Waals surface area contributed by atoms with Gasteiger partial charge in [-0.05, 0) is 62.6 Å². The first-order chi connectivity index (χ1) is 18.9. The predicted molar refractivity (Wildman–Crippen MR) is 146 cm³/mol. The molecule has 2 aliphatic rings. The molecule has 1 aliphatic heterocycles. The molecule has 0 spiro atoms. The number of carbonyl (C=O) groups excluding carboxylic acids is 3. The van der Waals surface area contributed by atoms with E-state index < -0.39 is 23.8 Å². The number of amides is 3. The Morgan fingerprint density at radius 2 is 1.90 bits per heavy atom. The molecule has 1 aliphatic carbocycles. The van der Waals surface area contributed by atoms with E-state index in [-0.39, 0.29) is 41.6 Å². The van der Waals surface area contributed by atoms with Crippen molar-refractivity contribution < 1.29 is 18.8 Å². The summed E-state index contributed by atoms with van der Waals surface area (Å²) in [5.41, 5.74) is 1.83. The summed E-state index contributed by atoms with van der Waals surface area (Å²) in [6.45, 7) is 4.47. The second kappa shape index (κ2) is 11.6. The first-order valence-corrected chi connectivity index (χ1v) is 13.9. The number of likely N-dealkylation sites (tertiary alicyclic amines) is 1. The Kier molecular flexibility index (Phi) is 7.95. The van der Waals surface area contributed by atoms with Gasteiger partial charge in [-0.2, -0.15) is 0 Å². The molecule has 206 valence electrons. The molecule has 9 heteroatoms. The summed E-state index contributed by atoms with van der Waals surface area (Å²) >= 11 is 0. The lowest BCUT2D eigenvalue weighted by Gasteiger charge is -2.36. The zero-order valence-electron chi connectivity index (χ0n) is 22.5. The van der Waals surface area contributed by atoms with Crippen LogP contribution in [-0.2, 0) is 14.4 Å². The van der Waals surface area contributed by atoms with Crippen molar-refractivity contribution in [2.45, 2.75) is 76.4 Å². The van der Waals surface area contributed by atoms with E-state index in [0.717, 1.165) is 31.2 Å². The molecule has 1 saturated heterocycles. The zero-order chi connectivity index (χ0) is 27.5. The SMILES string of the molecule is CC[C@H]1CCCCN1C(=O)C[C@H](NC(=O)[C@H]1C[C@@H]1c1ccccc1)C(=O)N[C@@H](C)c1nc2c(F)cccc2[nH]1. The summed E-state index contributed by atoms with van der Waals surface area (Å²) < 4.78 is 14.2. The maximum atomic E-state index is 14.2. The van der Waals surface area contributed by atoms with Crippen LogP contribution in [0.5, 0.6) is 0 Å². The van der Waals surface area contributed by atoms with Gasteiger partial charge >= 0.3 is 0 Å². The lowest BCUT2D eigenvalue weighted by molar-refractivity contribution is -0.139. The number of H-pyrrole nitrogens is 1. The molecule has 3 aromatic rings. The maximum Gasteiger partial charge on any atom is 0.243 e. The molecule has 5 rings (SSSR count). The quantitative estimate of drug-likeness (QED) is 0.380. The molecule has 0 radical (unpaired) electrons. The second-order valence-corrected chi connectivity index (χ2v) is 10.8. The summed E-state index contributed by atoms with van der Waals surface area (Å²) in [5, 5.41) is 5.76. The number of rotatable bonds is 9. The number of aromatic amines is 1. The molecule has 2 aromatic carbocycles. The highest BCUT2D eigenvalue weighted by Crippen LogP contribution is 2.47. The molecule has 39 heavy (non-hydrogen) atoms. The number of nitrogens with one attached hydrogen (secondary N) is 3. The number of benzene rings is 2. The lowest BCUT2D eigenvalue weighted by atomic mass is 9.98. The van der Waals surface area contributed by atoms with Crippen LogP contribution in [0.2, 0.25) is 0 Å². The van der Waals surface area contributed by atoms with Crippen LogP contribution in [-0.4, -0.2) is 51.2 Å². The van der Waals surface area contributed by atoms with Gasteiger partial charge in [0.15, 0.2) is 5.82 Å². The van der Waals surface area contributed by atoms with Gasteiger partial charge in [-0.3, -0.25) is 14.4 Å². The average molecular weight is 534 g/mol. The third-order valence-corrected chi connectivity index (χ3v) is 8.04. The van der Waals surface area contributed by atoms with Crippen LogP contribution >= 0.6 is 0 Å². The molecule has 3 amide bonds. The molecule has 3 N–H and O–H groups in total. The van der Waals surface area contributed by atoms with E-state index in [0.29, 0.717) is 24.3 Å². The highest BCUT2D eigenvalue weighted by atomic mass is 19.1. The van der Waals surface area contributed by atoms with Crippen LogP contribution in [0.15, 0.2) is 48.5 Å². The average Bonchev–Trinajstić information content (AvgIpc) is 3.63. The fourth-order valence-corrected chi connectivity index (χ4v) is 5.69. The molecular formula is C30H36FN5O3. The van der Waals surface area contributed by atoms with E-state index >= 15 is 0 Å². The highest BCUT2D eigenvalue weighted by Gasteiger charge is 2.45. The van der Waals surface area contributed by atoms with Gasteiger partial charge in [-0.15, -0.1) is 0 Å². The fraction of sp³-hybridized carbons (Fsp3) is 0.467. The smallest absolute Gasteiger partial charge is 0.243 e. The Morgan fingerprint density at radius 3 is 2.64 bits per heavy atom. The molecule has 8 nitrogen and oxygen atoms in total. The van der Waals surface area contributed by atoms with Gasteiger partial charge in [0.2, 0.25) is 17.7 Å². The number of hydrogen-bond acceptors (Lipinski definition) is 4.